The molecule has 3 fully saturated rings. The second-order valence-electron chi connectivity index (χ2n) is 12.0. The summed E-state index contributed by atoms with van der Waals surface area (Å²) in [6, 6.07) is 2.21. The molecule has 1 saturated heterocycles. The average Bonchev–Trinajstić information content (AvgIpc) is 3.46. The zero-order chi connectivity index (χ0) is 28.5. The summed E-state index contributed by atoms with van der Waals surface area (Å²) in [5, 5.41) is 45.4. The van der Waals surface area contributed by atoms with Crippen molar-refractivity contribution in [2.24, 2.45) is 17.6 Å². The topological polar surface area (TPSA) is 171 Å². The van der Waals surface area contributed by atoms with Gasteiger partial charge in [-0.25, -0.2) is 0 Å². The number of benzene rings is 1. The number of hydrogen-bond donors (Lipinski definition) is 5. The second-order valence-corrected chi connectivity index (χ2v) is 12.0. The number of primary amides is 1. The van der Waals surface area contributed by atoms with Gasteiger partial charge < -0.3 is 30.9 Å². The van der Waals surface area contributed by atoms with Crippen LogP contribution in [-0.2, 0) is 25.5 Å². The van der Waals surface area contributed by atoms with E-state index >= 15 is 0 Å². The van der Waals surface area contributed by atoms with E-state index in [9.17, 15) is 34.8 Å². The van der Waals surface area contributed by atoms with Crippen molar-refractivity contribution in [3.8, 4) is 5.75 Å². The molecule has 1 aromatic rings. The van der Waals surface area contributed by atoms with E-state index in [1.807, 2.05) is 6.07 Å². The Labute approximate surface area is 232 Å². The monoisotopic (exact) mass is 552 g/mol. The number of aromatic hydroxyl groups is 1. The number of aliphatic hydroxyl groups excluding tert-OH is 2. The maximum absolute atomic E-state index is 14.2. The van der Waals surface area contributed by atoms with E-state index in [1.165, 1.54) is 6.07 Å². The van der Waals surface area contributed by atoms with Gasteiger partial charge in [-0.1, -0.05) is 18.9 Å². The van der Waals surface area contributed by atoms with Crippen LogP contribution >= 0.6 is 0 Å². The molecule has 2 saturated carbocycles. The molecule has 214 valence electrons. The van der Waals surface area contributed by atoms with E-state index in [1.54, 1.807) is 11.9 Å². The molecular weight excluding hydrogens is 516 g/mol. The van der Waals surface area contributed by atoms with Gasteiger partial charge in [-0.05, 0) is 74.6 Å². The van der Waals surface area contributed by atoms with Crippen LogP contribution < -0.4 is 5.73 Å². The molecule has 10 nitrogen and oxygen atoms in total. The predicted octanol–water partition coefficient (Wildman–Crippen LogP) is 2.17. The average molecular weight is 553 g/mol. The molecular formula is C30H36N2O8. The number of likely N-dealkylation sites (N-methyl/N-ethyl adjacent to an activating group) is 1. The first-order valence-electron chi connectivity index (χ1n) is 14.2. The Morgan fingerprint density at radius 2 is 1.73 bits per heavy atom. The van der Waals surface area contributed by atoms with Gasteiger partial charge >= 0.3 is 0 Å². The number of amides is 1. The van der Waals surface area contributed by atoms with Crippen molar-refractivity contribution >= 4 is 23.2 Å². The maximum atomic E-state index is 14.2. The summed E-state index contributed by atoms with van der Waals surface area (Å²) in [5.41, 5.74) is 3.95. The molecule has 10 heteroatoms. The summed E-state index contributed by atoms with van der Waals surface area (Å²) in [6.07, 6.45) is 5.87. The first-order valence-corrected chi connectivity index (χ1v) is 14.2. The fraction of sp³-hybridized carbons (Fsp3) is 0.567. The van der Waals surface area contributed by atoms with Gasteiger partial charge in [-0.3, -0.25) is 19.3 Å². The molecule has 1 heterocycles. The smallest absolute Gasteiger partial charge is 0.255 e. The minimum Gasteiger partial charge on any atom is -0.508 e. The first-order chi connectivity index (χ1) is 19.1. The van der Waals surface area contributed by atoms with Crippen molar-refractivity contribution in [2.45, 2.75) is 75.0 Å². The Hall–Kier alpha value is -3.21. The third-order valence-corrected chi connectivity index (χ3v) is 10.1. The number of rotatable bonds is 4. The zero-order valence-corrected chi connectivity index (χ0v) is 22.6. The minimum atomic E-state index is -2.64. The molecule has 40 heavy (non-hydrogen) atoms. The molecule has 6 N–H and O–H groups in total. The van der Waals surface area contributed by atoms with E-state index in [0.717, 1.165) is 36.8 Å². The third-order valence-electron chi connectivity index (χ3n) is 10.1. The number of aliphatic hydroxyl groups is 3. The summed E-state index contributed by atoms with van der Waals surface area (Å²) in [5.74, 6) is -5.96. The van der Waals surface area contributed by atoms with E-state index in [4.69, 9.17) is 10.5 Å². The highest BCUT2D eigenvalue weighted by Gasteiger charge is 2.64. The fourth-order valence-electron chi connectivity index (χ4n) is 8.08. The largest absolute Gasteiger partial charge is 0.508 e. The fourth-order valence-corrected chi connectivity index (χ4v) is 8.08. The van der Waals surface area contributed by atoms with Crippen molar-refractivity contribution < 1.29 is 39.5 Å². The zero-order valence-electron chi connectivity index (χ0n) is 22.6. The number of ether oxygens (including phenoxy) is 1. The number of phenols is 1. The molecule has 0 bridgehead atoms. The van der Waals surface area contributed by atoms with Crippen LogP contribution in [-0.4, -0.2) is 80.7 Å². The number of phenolic OH excluding ortho intramolecular Hbond substituents is 1. The minimum absolute atomic E-state index is 0.0981. The molecule has 4 atom stereocenters. The number of fused-ring (bicyclic) bond motifs is 3. The van der Waals surface area contributed by atoms with Gasteiger partial charge in [0.1, 0.15) is 22.8 Å². The van der Waals surface area contributed by atoms with Crippen molar-refractivity contribution in [1.29, 1.82) is 0 Å². The molecule has 5 aliphatic rings. The number of carbonyl (C=O) groups is 3. The molecule has 1 aromatic carbocycles. The van der Waals surface area contributed by atoms with Crippen molar-refractivity contribution in [1.82, 2.24) is 4.90 Å². The molecule has 1 amide bonds. The summed E-state index contributed by atoms with van der Waals surface area (Å²) < 4.78 is 5.47. The number of nitrogens with two attached hydrogens (primary N) is 1. The van der Waals surface area contributed by atoms with E-state index in [2.05, 4.69) is 0 Å². The maximum Gasteiger partial charge on any atom is 0.255 e. The van der Waals surface area contributed by atoms with Crippen molar-refractivity contribution in [3.63, 3.8) is 0 Å². The van der Waals surface area contributed by atoms with Gasteiger partial charge in [0.05, 0.1) is 11.6 Å². The first kappa shape index (κ1) is 27.0. The lowest BCUT2D eigenvalue weighted by Gasteiger charge is -2.52. The Morgan fingerprint density at radius 3 is 2.38 bits per heavy atom. The SMILES string of the molecule is CN(C1CCOCC1)[C@H]1C(=O)C(C(N)=O)=C(O)[C@@]2(O)C(=O)C3=C(O)c4c(O)ccc(C5CCCC5)c4C[C@H]3C[C@@H]12. The van der Waals surface area contributed by atoms with E-state index < -0.39 is 58.0 Å². The number of carbonyl (C=O) groups excluding carboxylic acids is 3. The molecule has 6 rings (SSSR count). The van der Waals surface area contributed by atoms with E-state index in [-0.39, 0.29) is 35.3 Å². The van der Waals surface area contributed by atoms with Crippen LogP contribution in [0.25, 0.3) is 5.76 Å². The lowest BCUT2D eigenvalue weighted by molar-refractivity contribution is -0.156. The highest BCUT2D eigenvalue weighted by atomic mass is 16.5. The lowest BCUT2D eigenvalue weighted by Crippen LogP contribution is -2.67. The molecule has 1 aliphatic heterocycles. The number of nitrogens with zero attached hydrogens (tertiary/aromatic N) is 1. The van der Waals surface area contributed by atoms with Gasteiger partial charge in [-0.2, -0.15) is 0 Å². The number of Topliss-reactive ketones (excluding diaryl/α,β-unsaturated/α-hetero) is 2. The van der Waals surface area contributed by atoms with E-state index in [0.29, 0.717) is 32.5 Å². The molecule has 0 unspecified atom stereocenters. The standard InChI is InChI=1S/C30H36N2O8/c1-32(16-8-10-40-11-9-16)24-19-13-15-12-18-17(14-4-2-3-5-14)6-7-20(33)22(18)25(34)21(15)27(36)30(19,39)28(37)23(26(24)35)29(31)38/h6-7,14-16,19,24,33-34,37,39H,2-5,8-13H2,1H3,(H2,31,38)/t15-,19-,24+,30-/m0/s1. The molecule has 0 aromatic heterocycles. The third kappa shape index (κ3) is 3.76. The Bertz CT molecular complexity index is 1350. The van der Waals surface area contributed by atoms with Gasteiger partial charge in [0.15, 0.2) is 11.4 Å². The van der Waals surface area contributed by atoms with Crippen LogP contribution in [0.4, 0.5) is 0 Å². The van der Waals surface area contributed by atoms with Crippen LogP contribution in [0.5, 0.6) is 5.75 Å². The van der Waals surface area contributed by atoms with Crippen LogP contribution in [0.15, 0.2) is 29.0 Å². The van der Waals surface area contributed by atoms with Crippen LogP contribution in [0.1, 0.15) is 67.6 Å². The molecule has 4 aliphatic carbocycles. The normalized spacial score (nSPS) is 31.4. The summed E-state index contributed by atoms with van der Waals surface area (Å²) in [7, 11) is 1.72. The second kappa shape index (κ2) is 9.71. The van der Waals surface area contributed by atoms with Crippen molar-refractivity contribution in [2.75, 3.05) is 20.3 Å². The van der Waals surface area contributed by atoms with Gasteiger partial charge in [0.25, 0.3) is 5.91 Å². The summed E-state index contributed by atoms with van der Waals surface area (Å²) in [6.45, 7) is 0.975. The molecule has 0 radical (unpaired) electrons. The summed E-state index contributed by atoms with van der Waals surface area (Å²) in [4.78, 5) is 42.1. The predicted molar refractivity (Wildman–Crippen MR) is 143 cm³/mol. The lowest BCUT2D eigenvalue weighted by atomic mass is 9.57. The van der Waals surface area contributed by atoms with Crippen LogP contribution in [0.2, 0.25) is 0 Å². The number of hydrogen-bond acceptors (Lipinski definition) is 9. The van der Waals surface area contributed by atoms with Crippen LogP contribution in [0, 0.1) is 11.8 Å². The van der Waals surface area contributed by atoms with Gasteiger partial charge in [-0.15, -0.1) is 0 Å². The van der Waals surface area contributed by atoms with Crippen molar-refractivity contribution in [3.05, 3.63) is 45.7 Å². The quantitative estimate of drug-likeness (QED) is 0.351. The molecule has 0 spiro atoms. The number of ketones is 2. The Morgan fingerprint density at radius 1 is 1.05 bits per heavy atom. The van der Waals surface area contributed by atoms with Gasteiger partial charge in [0, 0.05) is 30.7 Å². The summed E-state index contributed by atoms with van der Waals surface area (Å²) >= 11 is 0. The Balaban J connectivity index is 1.50. The Kier molecular flexibility index (Phi) is 6.55. The van der Waals surface area contributed by atoms with Crippen LogP contribution in [0.3, 0.4) is 0 Å². The highest BCUT2D eigenvalue weighted by Crippen LogP contribution is 2.54. The highest BCUT2D eigenvalue weighted by molar-refractivity contribution is 6.24. The van der Waals surface area contributed by atoms with Gasteiger partial charge in [0.2, 0.25) is 5.78 Å².